The van der Waals surface area contributed by atoms with E-state index in [0.29, 0.717) is 6.42 Å². The summed E-state index contributed by atoms with van der Waals surface area (Å²) < 4.78 is 15.8. The van der Waals surface area contributed by atoms with Gasteiger partial charge in [-0.3, -0.25) is 19.4 Å². The van der Waals surface area contributed by atoms with E-state index in [1.165, 1.54) is 18.6 Å². The summed E-state index contributed by atoms with van der Waals surface area (Å²) >= 11 is 0. The van der Waals surface area contributed by atoms with Crippen molar-refractivity contribution in [2.45, 2.75) is 57.1 Å². The van der Waals surface area contributed by atoms with Crippen LogP contribution < -0.4 is 11.1 Å². The zero-order valence-corrected chi connectivity index (χ0v) is 21.0. The van der Waals surface area contributed by atoms with Crippen molar-refractivity contribution in [3.63, 3.8) is 0 Å². The Morgan fingerprint density at radius 1 is 1.19 bits per heavy atom. The number of esters is 1. The van der Waals surface area contributed by atoms with Crippen molar-refractivity contribution < 1.29 is 33.2 Å². The zero-order chi connectivity index (χ0) is 26.9. The molecule has 196 valence electrons. The van der Waals surface area contributed by atoms with Crippen LogP contribution in [-0.4, -0.2) is 66.0 Å². The fraction of sp³-hybridized carbons (Fsp3) is 0.440. The second-order valence-electron chi connectivity index (χ2n) is 9.28. The second-order valence-corrected chi connectivity index (χ2v) is 9.28. The molecule has 0 unspecified atom stereocenters. The lowest BCUT2D eigenvalue weighted by atomic mass is 9.64. The van der Waals surface area contributed by atoms with Gasteiger partial charge in [-0.1, -0.05) is 44.2 Å². The number of hydrogen-bond donors (Lipinski definition) is 2. The van der Waals surface area contributed by atoms with E-state index < -0.39 is 49.0 Å². The quantitative estimate of drug-likeness (QED) is 0.331. The van der Waals surface area contributed by atoms with E-state index in [4.69, 9.17) is 19.8 Å². The van der Waals surface area contributed by atoms with Crippen LogP contribution in [0.4, 0.5) is 0 Å². The van der Waals surface area contributed by atoms with E-state index in [-0.39, 0.29) is 30.2 Å². The van der Waals surface area contributed by atoms with Crippen LogP contribution in [-0.2, 0) is 34.9 Å². The average molecular weight is 510 g/mol. The van der Waals surface area contributed by atoms with Crippen LogP contribution in [0.15, 0.2) is 48.9 Å². The highest BCUT2D eigenvalue weighted by atomic mass is 16.7. The Hall–Kier alpha value is -3.64. The minimum atomic E-state index is -1.35. The molecule has 0 bridgehead atoms. The normalized spacial score (nSPS) is 19.1. The summed E-state index contributed by atoms with van der Waals surface area (Å²) in [4.78, 5) is 58.9. The van der Waals surface area contributed by atoms with E-state index in [1.807, 2.05) is 44.2 Å². The van der Waals surface area contributed by atoms with Gasteiger partial charge in [0.05, 0.1) is 19.3 Å². The molecular weight excluding hydrogens is 479 g/mol. The summed E-state index contributed by atoms with van der Waals surface area (Å²) in [5.41, 5.74) is 6.70. The third-order valence-electron chi connectivity index (χ3n) is 5.94. The number of ketones is 1. The molecule has 37 heavy (non-hydrogen) atoms. The Labute approximate surface area is 215 Å². The summed E-state index contributed by atoms with van der Waals surface area (Å²) in [6.07, 6.45) is 3.39. The summed E-state index contributed by atoms with van der Waals surface area (Å²) in [5, 5.41) is 2.76. The molecule has 1 aliphatic heterocycles. The fourth-order valence-corrected chi connectivity index (χ4v) is 4.14. The van der Waals surface area contributed by atoms with E-state index >= 15 is 0 Å². The first-order valence-electron chi connectivity index (χ1n) is 12.0. The number of carbonyl (C=O) groups is 4. The highest BCUT2D eigenvalue weighted by Gasteiger charge is 2.49. The first-order chi connectivity index (χ1) is 17.7. The molecule has 1 saturated heterocycles. The van der Waals surface area contributed by atoms with Gasteiger partial charge < -0.3 is 25.1 Å². The molecule has 1 aromatic carbocycles. The van der Waals surface area contributed by atoms with Gasteiger partial charge in [0.15, 0.2) is 11.9 Å². The predicted molar refractivity (Wildman–Crippen MR) is 133 cm³/mol. The number of amides is 1. The number of aromatic nitrogens is 2. The standard InChI is InChI=1S/C25H31BN4O7/c1-15(2)11-17(26-36-22(25(34)35-3)21(27)24(33)37-26)13-20(31)18(12-16-7-5-4-6-8-16)30-23(32)19-14-28-9-10-29-19/h4-10,14-15,17-18,21-22H,11-13,27H2,1-3H3,(H,30,32)/t17-,18+,21-,22-/m1/s1. The van der Waals surface area contributed by atoms with Crippen molar-refractivity contribution in [2.24, 2.45) is 11.7 Å². The van der Waals surface area contributed by atoms with Gasteiger partial charge in [0, 0.05) is 24.6 Å². The number of nitrogens with zero attached hydrogens (tertiary/aromatic N) is 2. The lowest BCUT2D eigenvalue weighted by Gasteiger charge is -2.34. The number of benzene rings is 1. The molecular formula is C25H31BN4O7. The van der Waals surface area contributed by atoms with E-state index in [2.05, 4.69) is 15.3 Å². The molecule has 11 nitrogen and oxygen atoms in total. The third-order valence-corrected chi connectivity index (χ3v) is 5.94. The van der Waals surface area contributed by atoms with Gasteiger partial charge in [0.1, 0.15) is 11.7 Å². The Bertz CT molecular complexity index is 1090. The molecule has 2 heterocycles. The van der Waals surface area contributed by atoms with E-state index in [0.717, 1.165) is 12.7 Å². The molecule has 1 aromatic heterocycles. The average Bonchev–Trinajstić information content (AvgIpc) is 2.89. The summed E-state index contributed by atoms with van der Waals surface area (Å²) in [5.74, 6) is -2.95. The third kappa shape index (κ3) is 7.67. The number of nitrogens with two attached hydrogens (primary N) is 1. The monoisotopic (exact) mass is 510 g/mol. The Kier molecular flexibility index (Phi) is 9.87. The molecule has 3 rings (SSSR count). The molecule has 1 aliphatic rings. The first kappa shape index (κ1) is 27.9. The number of Topliss-reactive ketones (excluding diaryl/α,β-unsaturated/α-hetero) is 1. The largest absolute Gasteiger partial charge is 0.531 e. The molecule has 4 atom stereocenters. The molecule has 0 saturated carbocycles. The van der Waals surface area contributed by atoms with Crippen LogP contribution in [0, 0.1) is 5.92 Å². The number of methoxy groups -OCH3 is 1. The lowest BCUT2D eigenvalue weighted by Crippen LogP contribution is -2.58. The predicted octanol–water partition coefficient (Wildman–Crippen LogP) is 1.12. The number of hydrogen-bond acceptors (Lipinski definition) is 10. The number of rotatable bonds is 11. The van der Waals surface area contributed by atoms with Crippen LogP contribution in [0.3, 0.4) is 0 Å². The second kappa shape index (κ2) is 13.1. The fourth-order valence-electron chi connectivity index (χ4n) is 4.14. The lowest BCUT2D eigenvalue weighted by molar-refractivity contribution is -0.162. The van der Waals surface area contributed by atoms with Gasteiger partial charge in [-0.15, -0.1) is 0 Å². The number of nitrogens with one attached hydrogen (secondary N) is 1. The molecule has 1 amide bonds. The minimum absolute atomic E-state index is 0.0755. The molecule has 12 heteroatoms. The maximum absolute atomic E-state index is 13.6. The maximum atomic E-state index is 13.6. The van der Waals surface area contributed by atoms with Crippen LogP contribution in [0.1, 0.15) is 42.7 Å². The van der Waals surface area contributed by atoms with Gasteiger partial charge in [-0.05, 0) is 24.3 Å². The molecule has 0 radical (unpaired) electrons. The van der Waals surface area contributed by atoms with Gasteiger partial charge >= 0.3 is 19.1 Å². The maximum Gasteiger partial charge on any atom is 0.531 e. The van der Waals surface area contributed by atoms with Crippen molar-refractivity contribution >= 4 is 30.7 Å². The van der Waals surface area contributed by atoms with E-state index in [1.54, 1.807) is 0 Å². The Morgan fingerprint density at radius 3 is 2.54 bits per heavy atom. The highest BCUT2D eigenvalue weighted by molar-refractivity contribution is 6.50. The molecule has 1 fully saturated rings. The Morgan fingerprint density at radius 2 is 1.92 bits per heavy atom. The van der Waals surface area contributed by atoms with Crippen molar-refractivity contribution in [1.82, 2.24) is 15.3 Å². The van der Waals surface area contributed by atoms with Crippen molar-refractivity contribution in [3.05, 3.63) is 60.2 Å². The SMILES string of the molecule is COC(=O)[C@@H]1OB([C@@H](CC(=O)[C@H](Cc2ccccc2)NC(=O)c2cnccn2)CC(C)C)OC(=O)[C@@H]1N. The molecule has 0 aliphatic carbocycles. The summed E-state index contributed by atoms with van der Waals surface area (Å²) in [6.45, 7) is 3.89. The summed E-state index contributed by atoms with van der Waals surface area (Å²) in [7, 11) is -0.0213. The van der Waals surface area contributed by atoms with Crippen LogP contribution in [0.25, 0.3) is 0 Å². The molecule has 0 spiro atoms. The smallest absolute Gasteiger partial charge is 0.508 e. The number of carbonyl (C=O) groups excluding carboxylic acids is 4. The summed E-state index contributed by atoms with van der Waals surface area (Å²) in [6, 6.07) is 7.02. The van der Waals surface area contributed by atoms with Gasteiger partial charge in [0.25, 0.3) is 5.91 Å². The number of ether oxygens (including phenoxy) is 1. The van der Waals surface area contributed by atoms with E-state index in [9.17, 15) is 19.2 Å². The highest BCUT2D eigenvalue weighted by Crippen LogP contribution is 2.31. The van der Waals surface area contributed by atoms with Crippen molar-refractivity contribution in [3.8, 4) is 0 Å². The van der Waals surface area contributed by atoms with Crippen molar-refractivity contribution in [2.75, 3.05) is 7.11 Å². The van der Waals surface area contributed by atoms with Crippen molar-refractivity contribution in [1.29, 1.82) is 0 Å². The van der Waals surface area contributed by atoms with Gasteiger partial charge in [-0.2, -0.15) is 0 Å². The van der Waals surface area contributed by atoms with Crippen LogP contribution >= 0.6 is 0 Å². The van der Waals surface area contributed by atoms with Crippen LogP contribution in [0.2, 0.25) is 5.82 Å². The van der Waals surface area contributed by atoms with Gasteiger partial charge in [-0.25, -0.2) is 9.78 Å². The molecule has 3 N–H and O–H groups in total. The minimum Gasteiger partial charge on any atom is -0.508 e. The van der Waals surface area contributed by atoms with Gasteiger partial charge in [0.2, 0.25) is 0 Å². The zero-order valence-electron chi connectivity index (χ0n) is 21.0. The topological polar surface area (TPSA) is 160 Å². The van der Waals surface area contributed by atoms with Crippen LogP contribution in [0.5, 0.6) is 0 Å². The Balaban J connectivity index is 1.82. The first-order valence-corrected chi connectivity index (χ1v) is 12.0. The molecule has 2 aromatic rings.